The summed E-state index contributed by atoms with van der Waals surface area (Å²) in [5.74, 6) is 0. The lowest BCUT2D eigenvalue weighted by molar-refractivity contribution is 1.53. The Morgan fingerprint density at radius 1 is 0.684 bits per heavy atom. The van der Waals surface area contributed by atoms with Crippen LogP contribution in [0.2, 0.25) is 0 Å². The van der Waals surface area contributed by atoms with E-state index < -0.39 is 0 Å². The van der Waals surface area contributed by atoms with E-state index in [4.69, 9.17) is 0 Å². The van der Waals surface area contributed by atoms with Crippen molar-refractivity contribution < 1.29 is 0 Å². The largest absolute Gasteiger partial charge is 0.354 e. The van der Waals surface area contributed by atoms with Gasteiger partial charge in [-0.25, -0.2) is 0 Å². The second kappa shape index (κ2) is 3.99. The van der Waals surface area contributed by atoms with Gasteiger partial charge in [0.2, 0.25) is 0 Å². The first-order valence-electron chi connectivity index (χ1n) is 6.40. The fraction of sp³-hybridized carbons (Fsp3) is 0. The predicted octanol–water partition coefficient (Wildman–Crippen LogP) is 4.79. The van der Waals surface area contributed by atoms with Crippen LogP contribution in [-0.2, 0) is 0 Å². The molecule has 0 aliphatic rings. The van der Waals surface area contributed by atoms with Crippen LogP contribution in [0.4, 0.5) is 0 Å². The lowest BCUT2D eigenvalue weighted by Crippen LogP contribution is -1.77. The molecule has 1 aromatic heterocycles. The third-order valence-electron chi connectivity index (χ3n) is 3.51. The molecular weight excluding hydrogens is 230 g/mol. The summed E-state index contributed by atoms with van der Waals surface area (Å²) >= 11 is 0. The molecule has 1 N–H and O–H groups in total. The first kappa shape index (κ1) is 10.4. The van der Waals surface area contributed by atoms with Crippen LogP contribution in [0, 0.1) is 6.07 Å². The van der Waals surface area contributed by atoms with E-state index in [1.165, 1.54) is 21.9 Å². The molecule has 0 atom stereocenters. The van der Waals surface area contributed by atoms with Gasteiger partial charge in [0.1, 0.15) is 0 Å². The summed E-state index contributed by atoms with van der Waals surface area (Å²) < 4.78 is 0. The van der Waals surface area contributed by atoms with Gasteiger partial charge in [0.25, 0.3) is 0 Å². The molecule has 1 heterocycles. The summed E-state index contributed by atoms with van der Waals surface area (Å²) in [6.45, 7) is 0. The molecule has 0 aliphatic carbocycles. The third kappa shape index (κ3) is 1.63. The van der Waals surface area contributed by atoms with E-state index in [0.29, 0.717) is 0 Å². The van der Waals surface area contributed by atoms with Crippen molar-refractivity contribution in [3.8, 4) is 11.1 Å². The van der Waals surface area contributed by atoms with Crippen LogP contribution in [0.15, 0.2) is 66.7 Å². The highest BCUT2D eigenvalue weighted by molar-refractivity contribution is 6.07. The lowest BCUT2D eigenvalue weighted by Gasteiger charge is -2.00. The van der Waals surface area contributed by atoms with Gasteiger partial charge in [-0.2, -0.15) is 0 Å². The molecule has 0 aliphatic heterocycles. The molecule has 1 nitrogen and oxygen atoms in total. The molecular formula is C18H12N. The standard InChI is InChI=1S/C18H12N/c1-2-6-13(7-3-1)14-10-11-16-15-8-4-5-9-17(15)19-18(16)12-14/h1-11,19H. The van der Waals surface area contributed by atoms with Crippen LogP contribution in [0.25, 0.3) is 32.9 Å². The maximum atomic E-state index is 3.48. The van der Waals surface area contributed by atoms with Gasteiger partial charge in [-0.1, -0.05) is 60.7 Å². The minimum atomic E-state index is 1.07. The topological polar surface area (TPSA) is 15.8 Å². The van der Waals surface area contributed by atoms with Gasteiger partial charge in [0, 0.05) is 22.4 Å². The normalized spacial score (nSPS) is 11.2. The highest BCUT2D eigenvalue weighted by atomic mass is 14.7. The van der Waals surface area contributed by atoms with Gasteiger partial charge < -0.3 is 4.98 Å². The van der Waals surface area contributed by atoms with Gasteiger partial charge >= 0.3 is 0 Å². The van der Waals surface area contributed by atoms with Crippen molar-refractivity contribution in [1.29, 1.82) is 0 Å². The van der Waals surface area contributed by atoms with E-state index >= 15 is 0 Å². The molecule has 1 heteroatoms. The summed E-state index contributed by atoms with van der Waals surface area (Å²) in [6, 6.07) is 26.5. The van der Waals surface area contributed by atoms with E-state index in [2.05, 4.69) is 71.7 Å². The van der Waals surface area contributed by atoms with Gasteiger partial charge in [-0.15, -0.1) is 0 Å². The number of rotatable bonds is 1. The molecule has 0 unspecified atom stereocenters. The minimum absolute atomic E-state index is 1.07. The molecule has 0 spiro atoms. The second-order valence-electron chi connectivity index (χ2n) is 4.70. The van der Waals surface area contributed by atoms with Crippen LogP contribution in [0.3, 0.4) is 0 Å². The van der Waals surface area contributed by atoms with Gasteiger partial charge in [0.15, 0.2) is 0 Å². The number of aromatic amines is 1. The average molecular weight is 242 g/mol. The van der Waals surface area contributed by atoms with E-state index in [0.717, 1.165) is 11.1 Å². The Morgan fingerprint density at radius 2 is 1.47 bits per heavy atom. The number of hydrogen-bond donors (Lipinski definition) is 1. The SMILES string of the molecule is [c]1c(-c2ccccc2)ccc2c1[nH]c1ccccc12. The minimum Gasteiger partial charge on any atom is -0.354 e. The second-order valence-corrected chi connectivity index (χ2v) is 4.70. The number of benzene rings is 3. The monoisotopic (exact) mass is 242 g/mol. The van der Waals surface area contributed by atoms with Crippen molar-refractivity contribution in [2.45, 2.75) is 0 Å². The summed E-state index contributed by atoms with van der Waals surface area (Å²) in [5.41, 5.74) is 4.56. The van der Waals surface area contributed by atoms with Crippen LogP contribution in [-0.4, -0.2) is 4.98 Å². The molecule has 0 saturated carbocycles. The zero-order chi connectivity index (χ0) is 12.7. The maximum absolute atomic E-state index is 3.48. The molecule has 4 aromatic rings. The van der Waals surface area contributed by atoms with E-state index in [1.807, 2.05) is 6.07 Å². The Labute approximate surface area is 111 Å². The van der Waals surface area contributed by atoms with Gasteiger partial charge in [-0.05, 0) is 17.2 Å². The fourth-order valence-corrected chi connectivity index (χ4v) is 2.56. The maximum Gasteiger partial charge on any atom is 0.0551 e. The van der Waals surface area contributed by atoms with Crippen LogP contribution < -0.4 is 0 Å². The molecule has 0 saturated heterocycles. The number of hydrogen-bond acceptors (Lipinski definition) is 0. The number of fused-ring (bicyclic) bond motifs is 3. The Bertz CT molecular complexity index is 857. The molecule has 0 fully saturated rings. The number of H-pyrrole nitrogens is 1. The molecule has 1 radical (unpaired) electrons. The summed E-state index contributed by atoms with van der Waals surface area (Å²) in [7, 11) is 0. The van der Waals surface area contributed by atoms with Crippen molar-refractivity contribution in [3.05, 3.63) is 72.8 Å². The first-order valence-corrected chi connectivity index (χ1v) is 6.40. The van der Waals surface area contributed by atoms with Crippen LogP contribution >= 0.6 is 0 Å². The summed E-state index contributed by atoms with van der Waals surface area (Å²) in [6.07, 6.45) is 0. The summed E-state index contributed by atoms with van der Waals surface area (Å²) in [5, 5.41) is 2.49. The summed E-state index contributed by atoms with van der Waals surface area (Å²) in [4.78, 5) is 3.43. The van der Waals surface area contributed by atoms with Crippen LogP contribution in [0.5, 0.6) is 0 Å². The molecule has 0 bridgehead atoms. The average Bonchev–Trinajstić information content (AvgIpc) is 2.86. The van der Waals surface area contributed by atoms with Crippen molar-refractivity contribution in [1.82, 2.24) is 4.98 Å². The highest BCUT2D eigenvalue weighted by Crippen LogP contribution is 2.28. The quantitative estimate of drug-likeness (QED) is 0.494. The number of aromatic nitrogens is 1. The van der Waals surface area contributed by atoms with Crippen molar-refractivity contribution >= 4 is 21.8 Å². The van der Waals surface area contributed by atoms with Crippen molar-refractivity contribution in [2.75, 3.05) is 0 Å². The van der Waals surface area contributed by atoms with Crippen molar-refractivity contribution in [3.63, 3.8) is 0 Å². The molecule has 4 rings (SSSR count). The Kier molecular flexibility index (Phi) is 2.18. The molecule has 19 heavy (non-hydrogen) atoms. The molecule has 3 aromatic carbocycles. The number of para-hydroxylation sites is 1. The van der Waals surface area contributed by atoms with Gasteiger partial charge in [0.05, 0.1) is 5.52 Å². The lowest BCUT2D eigenvalue weighted by atomic mass is 10.0. The number of nitrogens with one attached hydrogen (secondary N) is 1. The zero-order valence-corrected chi connectivity index (χ0v) is 10.4. The highest BCUT2D eigenvalue weighted by Gasteiger charge is 2.05. The van der Waals surface area contributed by atoms with E-state index in [-0.39, 0.29) is 0 Å². The van der Waals surface area contributed by atoms with E-state index in [1.54, 1.807) is 0 Å². The molecule has 89 valence electrons. The van der Waals surface area contributed by atoms with Crippen molar-refractivity contribution in [2.24, 2.45) is 0 Å². The smallest absolute Gasteiger partial charge is 0.0551 e. The Morgan fingerprint density at radius 3 is 2.37 bits per heavy atom. The van der Waals surface area contributed by atoms with Crippen LogP contribution in [0.1, 0.15) is 0 Å². The van der Waals surface area contributed by atoms with E-state index in [9.17, 15) is 0 Å². The Balaban J connectivity index is 1.99. The zero-order valence-electron chi connectivity index (χ0n) is 10.4. The molecule has 0 amide bonds. The Hall–Kier alpha value is -2.54. The third-order valence-corrected chi connectivity index (χ3v) is 3.51. The van der Waals surface area contributed by atoms with Gasteiger partial charge in [-0.3, -0.25) is 0 Å². The predicted molar refractivity (Wildman–Crippen MR) is 80.1 cm³/mol. The first-order chi connectivity index (χ1) is 9.42. The fourth-order valence-electron chi connectivity index (χ4n) is 2.56.